The first kappa shape index (κ1) is 13.6. The quantitative estimate of drug-likeness (QED) is 0.853. The van der Waals surface area contributed by atoms with Crippen molar-refractivity contribution < 1.29 is 9.90 Å². The monoisotopic (exact) mass is 274 g/mol. The van der Waals surface area contributed by atoms with Gasteiger partial charge in [0, 0.05) is 24.7 Å². The maximum atomic E-state index is 12.5. The van der Waals surface area contributed by atoms with Crippen LogP contribution in [0.2, 0.25) is 0 Å². The number of amides is 1. The molecule has 0 radical (unpaired) electrons. The first-order valence-electron chi connectivity index (χ1n) is 7.39. The summed E-state index contributed by atoms with van der Waals surface area (Å²) in [5, 5.41) is 10.4. The normalized spacial score (nSPS) is 28.2. The topological polar surface area (TPSA) is 53.4 Å². The highest BCUT2D eigenvalue weighted by Crippen LogP contribution is 2.56. The van der Waals surface area contributed by atoms with Gasteiger partial charge in [0.05, 0.1) is 5.60 Å². The molecule has 2 heterocycles. The average molecular weight is 274 g/mol. The fourth-order valence-electron chi connectivity index (χ4n) is 3.63. The Bertz CT molecular complexity index is 531. The molecule has 1 aromatic rings. The van der Waals surface area contributed by atoms with Gasteiger partial charge in [0.25, 0.3) is 5.91 Å². The third kappa shape index (κ3) is 1.94. The van der Waals surface area contributed by atoms with Crippen LogP contribution in [-0.4, -0.2) is 39.6 Å². The second kappa shape index (κ2) is 4.55. The molecular formula is C16H22N2O2. The number of aromatic nitrogens is 1. The Labute approximate surface area is 119 Å². The molecule has 1 aliphatic carbocycles. The van der Waals surface area contributed by atoms with Gasteiger partial charge in [0.2, 0.25) is 0 Å². The molecule has 0 aromatic carbocycles. The summed E-state index contributed by atoms with van der Waals surface area (Å²) in [7, 11) is 0. The van der Waals surface area contributed by atoms with Crippen molar-refractivity contribution in [2.45, 2.75) is 45.1 Å². The van der Waals surface area contributed by atoms with E-state index in [0.29, 0.717) is 5.69 Å². The Balaban J connectivity index is 1.70. The van der Waals surface area contributed by atoms with E-state index in [-0.39, 0.29) is 11.3 Å². The van der Waals surface area contributed by atoms with Crippen LogP contribution in [0.1, 0.15) is 48.7 Å². The second-order valence-corrected chi connectivity index (χ2v) is 6.52. The minimum atomic E-state index is -0.539. The Morgan fingerprint density at radius 1 is 1.30 bits per heavy atom. The summed E-state index contributed by atoms with van der Waals surface area (Å²) in [6, 6.07) is 3.77. The summed E-state index contributed by atoms with van der Waals surface area (Å²) in [6.07, 6.45) is 5.45. The summed E-state index contributed by atoms with van der Waals surface area (Å²) in [5.74, 6) is 0.0249. The van der Waals surface area contributed by atoms with E-state index in [1.165, 1.54) is 0 Å². The number of carbonyl (C=O) groups is 1. The molecule has 1 spiro atoms. The molecule has 20 heavy (non-hydrogen) atoms. The third-order valence-electron chi connectivity index (χ3n) is 5.45. The molecular weight excluding hydrogens is 252 g/mol. The van der Waals surface area contributed by atoms with E-state index in [2.05, 4.69) is 4.98 Å². The molecule has 0 bridgehead atoms. The van der Waals surface area contributed by atoms with Crippen LogP contribution in [0.5, 0.6) is 0 Å². The van der Waals surface area contributed by atoms with E-state index in [0.717, 1.165) is 44.3 Å². The van der Waals surface area contributed by atoms with Crippen molar-refractivity contribution in [1.29, 1.82) is 0 Å². The predicted molar refractivity (Wildman–Crippen MR) is 76.4 cm³/mol. The molecule has 4 heteroatoms. The van der Waals surface area contributed by atoms with Crippen molar-refractivity contribution >= 4 is 5.91 Å². The van der Waals surface area contributed by atoms with Gasteiger partial charge in [-0.3, -0.25) is 9.78 Å². The Hall–Kier alpha value is -1.42. The molecule has 1 saturated heterocycles. The van der Waals surface area contributed by atoms with Crippen LogP contribution in [0.15, 0.2) is 18.3 Å². The largest absolute Gasteiger partial charge is 0.390 e. The zero-order chi connectivity index (χ0) is 14.4. The average Bonchev–Trinajstić information content (AvgIpc) is 2.46. The fraction of sp³-hybridized carbons (Fsp3) is 0.625. The predicted octanol–water partition coefficient (Wildman–Crippen LogP) is 2.16. The van der Waals surface area contributed by atoms with Crippen molar-refractivity contribution in [3.63, 3.8) is 0 Å². The minimum Gasteiger partial charge on any atom is -0.390 e. The van der Waals surface area contributed by atoms with E-state index in [1.807, 2.05) is 30.9 Å². The van der Waals surface area contributed by atoms with Gasteiger partial charge in [-0.05, 0) is 51.2 Å². The van der Waals surface area contributed by atoms with Crippen LogP contribution in [0, 0.1) is 12.3 Å². The standard InChI is InChI=1S/C16H22N2O2/c1-12-4-3-9-17-13(12)14(19)18-10-7-16(8-11-18)6-5-15(16,2)20/h3-4,9,20H,5-8,10-11H2,1-2H3. The van der Waals surface area contributed by atoms with Crippen LogP contribution in [0.25, 0.3) is 0 Å². The Morgan fingerprint density at radius 3 is 2.50 bits per heavy atom. The first-order valence-corrected chi connectivity index (χ1v) is 7.39. The van der Waals surface area contributed by atoms with E-state index >= 15 is 0 Å². The molecule has 1 N–H and O–H groups in total. The molecule has 108 valence electrons. The Morgan fingerprint density at radius 2 is 2.00 bits per heavy atom. The number of pyridine rings is 1. The van der Waals surface area contributed by atoms with Crippen molar-refractivity contribution in [2.75, 3.05) is 13.1 Å². The number of nitrogens with zero attached hydrogens (tertiary/aromatic N) is 2. The van der Waals surface area contributed by atoms with Gasteiger partial charge >= 0.3 is 0 Å². The summed E-state index contributed by atoms with van der Waals surface area (Å²) >= 11 is 0. The van der Waals surface area contributed by atoms with Crippen LogP contribution in [0.3, 0.4) is 0 Å². The summed E-state index contributed by atoms with van der Waals surface area (Å²) in [6.45, 7) is 5.31. The lowest BCUT2D eigenvalue weighted by molar-refractivity contribution is -0.174. The third-order valence-corrected chi connectivity index (χ3v) is 5.45. The van der Waals surface area contributed by atoms with E-state index in [1.54, 1.807) is 6.20 Å². The van der Waals surface area contributed by atoms with Crippen LogP contribution in [-0.2, 0) is 0 Å². The van der Waals surface area contributed by atoms with Crippen molar-refractivity contribution in [2.24, 2.45) is 5.41 Å². The van der Waals surface area contributed by atoms with Crippen molar-refractivity contribution in [3.8, 4) is 0 Å². The molecule has 1 aliphatic heterocycles. The molecule has 1 unspecified atom stereocenters. The zero-order valence-electron chi connectivity index (χ0n) is 12.2. The summed E-state index contributed by atoms with van der Waals surface area (Å²) < 4.78 is 0. The molecule has 4 nitrogen and oxygen atoms in total. The molecule has 1 saturated carbocycles. The summed E-state index contributed by atoms with van der Waals surface area (Å²) in [5.41, 5.74) is 0.990. The fourth-order valence-corrected chi connectivity index (χ4v) is 3.63. The first-order chi connectivity index (χ1) is 9.45. The lowest BCUT2D eigenvalue weighted by atomic mass is 9.53. The van der Waals surface area contributed by atoms with Gasteiger partial charge in [-0.15, -0.1) is 0 Å². The number of likely N-dealkylation sites (tertiary alicyclic amines) is 1. The molecule has 3 rings (SSSR count). The van der Waals surface area contributed by atoms with Gasteiger partial charge in [0.1, 0.15) is 5.69 Å². The maximum absolute atomic E-state index is 12.5. The number of carbonyl (C=O) groups excluding carboxylic acids is 1. The van der Waals surface area contributed by atoms with Gasteiger partial charge in [-0.25, -0.2) is 0 Å². The maximum Gasteiger partial charge on any atom is 0.272 e. The highest BCUT2D eigenvalue weighted by Gasteiger charge is 2.55. The van der Waals surface area contributed by atoms with Gasteiger partial charge in [0.15, 0.2) is 0 Å². The van der Waals surface area contributed by atoms with Gasteiger partial charge < -0.3 is 10.0 Å². The van der Waals surface area contributed by atoms with Crippen molar-refractivity contribution in [1.82, 2.24) is 9.88 Å². The lowest BCUT2D eigenvalue weighted by Gasteiger charge is -2.58. The van der Waals surface area contributed by atoms with Crippen LogP contribution in [0.4, 0.5) is 0 Å². The smallest absolute Gasteiger partial charge is 0.272 e. The van der Waals surface area contributed by atoms with Gasteiger partial charge in [-0.1, -0.05) is 6.07 Å². The second-order valence-electron chi connectivity index (χ2n) is 6.52. The number of hydrogen-bond donors (Lipinski definition) is 1. The molecule has 1 amide bonds. The molecule has 2 fully saturated rings. The number of rotatable bonds is 1. The summed E-state index contributed by atoms with van der Waals surface area (Å²) in [4.78, 5) is 18.6. The number of hydrogen-bond acceptors (Lipinski definition) is 3. The van der Waals surface area contributed by atoms with E-state index in [4.69, 9.17) is 0 Å². The SMILES string of the molecule is Cc1cccnc1C(=O)N1CCC2(CC1)CCC2(C)O. The number of aryl methyl sites for hydroxylation is 1. The van der Waals surface area contributed by atoms with Crippen molar-refractivity contribution in [3.05, 3.63) is 29.6 Å². The number of piperidine rings is 1. The van der Waals surface area contributed by atoms with E-state index < -0.39 is 5.60 Å². The molecule has 1 aromatic heterocycles. The Kier molecular flexibility index (Phi) is 3.09. The highest BCUT2D eigenvalue weighted by atomic mass is 16.3. The highest BCUT2D eigenvalue weighted by molar-refractivity contribution is 5.93. The minimum absolute atomic E-state index is 0.0249. The van der Waals surface area contributed by atoms with Gasteiger partial charge in [-0.2, -0.15) is 0 Å². The van der Waals surface area contributed by atoms with E-state index in [9.17, 15) is 9.90 Å². The number of aliphatic hydroxyl groups is 1. The molecule has 1 atom stereocenters. The molecule has 2 aliphatic rings. The zero-order valence-corrected chi connectivity index (χ0v) is 12.2. The lowest BCUT2D eigenvalue weighted by Crippen LogP contribution is -2.60. The van der Waals surface area contributed by atoms with Crippen LogP contribution < -0.4 is 0 Å². The van der Waals surface area contributed by atoms with Crippen LogP contribution >= 0.6 is 0 Å².